The lowest BCUT2D eigenvalue weighted by atomic mass is 10.1. The first-order valence-electron chi connectivity index (χ1n) is 6.74. The zero-order chi connectivity index (χ0) is 14.1. The lowest BCUT2D eigenvalue weighted by Crippen LogP contribution is -2.05. The van der Waals surface area contributed by atoms with Crippen LogP contribution in [0.2, 0.25) is 0 Å². The van der Waals surface area contributed by atoms with E-state index in [4.69, 9.17) is 9.47 Å². The maximum Gasteiger partial charge on any atom is 0.306 e. The summed E-state index contributed by atoms with van der Waals surface area (Å²) in [6, 6.07) is 5.94. The number of benzene rings is 1. The minimum atomic E-state index is -0.151. The van der Waals surface area contributed by atoms with Crippen LogP contribution < -0.4 is 4.74 Å². The summed E-state index contributed by atoms with van der Waals surface area (Å²) in [4.78, 5) is 11.3. The second-order valence-corrected chi connectivity index (χ2v) is 5.13. The topological polar surface area (TPSA) is 35.5 Å². The Kier molecular flexibility index (Phi) is 7.56. The monoisotopic (exact) mass is 328 g/mol. The summed E-state index contributed by atoms with van der Waals surface area (Å²) in [7, 11) is 0. The molecule has 0 radical (unpaired) electrons. The molecule has 0 unspecified atom stereocenters. The highest BCUT2D eigenvalue weighted by atomic mass is 79.9. The predicted molar refractivity (Wildman–Crippen MR) is 79.5 cm³/mol. The molecule has 1 aromatic carbocycles. The molecule has 0 spiro atoms. The number of rotatable bonds is 8. The van der Waals surface area contributed by atoms with Crippen LogP contribution >= 0.6 is 15.9 Å². The van der Waals surface area contributed by atoms with E-state index in [-0.39, 0.29) is 5.97 Å². The van der Waals surface area contributed by atoms with Gasteiger partial charge in [-0.15, -0.1) is 0 Å². The molecule has 0 N–H and O–H groups in total. The van der Waals surface area contributed by atoms with Crippen molar-refractivity contribution in [3.05, 3.63) is 28.2 Å². The van der Waals surface area contributed by atoms with Crippen LogP contribution in [-0.2, 0) is 16.0 Å². The SMILES string of the molecule is CCCCOc1ccc(CCC(=O)OCC)cc1Br. The first-order chi connectivity index (χ1) is 9.17. The van der Waals surface area contributed by atoms with Crippen molar-refractivity contribution in [3.63, 3.8) is 0 Å². The van der Waals surface area contributed by atoms with Gasteiger partial charge < -0.3 is 9.47 Å². The zero-order valence-electron chi connectivity index (χ0n) is 11.6. The van der Waals surface area contributed by atoms with E-state index >= 15 is 0 Å². The third kappa shape index (κ3) is 6.10. The Labute approximate surface area is 123 Å². The van der Waals surface area contributed by atoms with Gasteiger partial charge in [-0.3, -0.25) is 4.79 Å². The molecule has 0 aromatic heterocycles. The van der Waals surface area contributed by atoms with E-state index in [0.29, 0.717) is 19.4 Å². The van der Waals surface area contributed by atoms with Crippen LogP contribution in [0.4, 0.5) is 0 Å². The van der Waals surface area contributed by atoms with E-state index in [1.54, 1.807) is 0 Å². The lowest BCUT2D eigenvalue weighted by molar-refractivity contribution is -0.143. The molecule has 0 saturated heterocycles. The van der Waals surface area contributed by atoms with Crippen molar-refractivity contribution in [2.45, 2.75) is 39.5 Å². The number of carbonyl (C=O) groups is 1. The predicted octanol–water partition coefficient (Wildman–Crippen LogP) is 4.12. The van der Waals surface area contributed by atoms with E-state index in [0.717, 1.165) is 35.2 Å². The van der Waals surface area contributed by atoms with E-state index in [2.05, 4.69) is 22.9 Å². The average molecular weight is 329 g/mol. The number of unbranched alkanes of at least 4 members (excludes halogenated alkanes) is 1. The van der Waals surface area contributed by atoms with Crippen molar-refractivity contribution in [1.29, 1.82) is 0 Å². The summed E-state index contributed by atoms with van der Waals surface area (Å²) >= 11 is 3.50. The summed E-state index contributed by atoms with van der Waals surface area (Å²) in [5.41, 5.74) is 1.10. The standard InChI is InChI=1S/C15H21BrO3/c1-3-5-10-19-14-8-6-12(11-13(14)16)7-9-15(17)18-4-2/h6,8,11H,3-5,7,9-10H2,1-2H3. The van der Waals surface area contributed by atoms with Crippen molar-refractivity contribution < 1.29 is 14.3 Å². The van der Waals surface area contributed by atoms with E-state index in [9.17, 15) is 4.79 Å². The van der Waals surface area contributed by atoms with E-state index < -0.39 is 0 Å². The highest BCUT2D eigenvalue weighted by Gasteiger charge is 2.06. The summed E-state index contributed by atoms with van der Waals surface area (Å²) in [5.74, 6) is 0.704. The van der Waals surface area contributed by atoms with Crippen molar-refractivity contribution in [3.8, 4) is 5.75 Å². The quantitative estimate of drug-likeness (QED) is 0.531. The molecule has 1 aromatic rings. The van der Waals surface area contributed by atoms with Crippen LogP contribution in [0.1, 0.15) is 38.7 Å². The average Bonchev–Trinajstić information content (AvgIpc) is 2.39. The number of esters is 1. The molecular weight excluding hydrogens is 308 g/mol. The van der Waals surface area contributed by atoms with Crippen molar-refractivity contribution in [2.24, 2.45) is 0 Å². The fraction of sp³-hybridized carbons (Fsp3) is 0.533. The van der Waals surface area contributed by atoms with Gasteiger partial charge in [0, 0.05) is 6.42 Å². The minimum Gasteiger partial charge on any atom is -0.492 e. The van der Waals surface area contributed by atoms with Gasteiger partial charge in [-0.25, -0.2) is 0 Å². The first-order valence-corrected chi connectivity index (χ1v) is 7.53. The van der Waals surface area contributed by atoms with Crippen LogP contribution in [0.3, 0.4) is 0 Å². The van der Waals surface area contributed by atoms with Gasteiger partial charge in [0.25, 0.3) is 0 Å². The molecule has 0 amide bonds. The number of halogens is 1. The third-order valence-corrected chi connectivity index (χ3v) is 3.29. The molecule has 0 aliphatic rings. The third-order valence-electron chi connectivity index (χ3n) is 2.67. The van der Waals surface area contributed by atoms with E-state index in [1.165, 1.54) is 0 Å². The van der Waals surface area contributed by atoms with Crippen molar-refractivity contribution in [2.75, 3.05) is 13.2 Å². The molecular formula is C15H21BrO3. The molecule has 3 nitrogen and oxygen atoms in total. The molecule has 0 saturated carbocycles. The van der Waals surface area contributed by atoms with Gasteiger partial charge in [-0.2, -0.15) is 0 Å². The summed E-state index contributed by atoms with van der Waals surface area (Å²) in [6.07, 6.45) is 3.27. The largest absolute Gasteiger partial charge is 0.492 e. The fourth-order valence-corrected chi connectivity index (χ4v) is 2.16. The molecule has 106 valence electrons. The van der Waals surface area contributed by atoms with Crippen LogP contribution in [-0.4, -0.2) is 19.2 Å². The molecule has 0 fully saturated rings. The number of hydrogen-bond acceptors (Lipinski definition) is 3. The Morgan fingerprint density at radius 2 is 2.11 bits per heavy atom. The van der Waals surface area contributed by atoms with Crippen LogP contribution in [0.5, 0.6) is 5.75 Å². The summed E-state index contributed by atoms with van der Waals surface area (Å²) in [6.45, 7) is 5.12. The van der Waals surface area contributed by atoms with Crippen LogP contribution in [0.15, 0.2) is 22.7 Å². The Morgan fingerprint density at radius 1 is 1.32 bits per heavy atom. The van der Waals surface area contributed by atoms with Gasteiger partial charge in [0.15, 0.2) is 0 Å². The molecule has 0 aliphatic carbocycles. The maximum absolute atomic E-state index is 11.3. The molecule has 1 rings (SSSR count). The molecule has 0 aliphatic heterocycles. The number of carbonyl (C=O) groups excluding carboxylic acids is 1. The Morgan fingerprint density at radius 3 is 2.74 bits per heavy atom. The molecule has 0 heterocycles. The Hall–Kier alpha value is -1.03. The van der Waals surface area contributed by atoms with Crippen molar-refractivity contribution in [1.82, 2.24) is 0 Å². The molecule has 0 bridgehead atoms. The van der Waals surface area contributed by atoms with Crippen molar-refractivity contribution >= 4 is 21.9 Å². The summed E-state index contributed by atoms with van der Waals surface area (Å²) in [5, 5.41) is 0. The van der Waals surface area contributed by atoms with Crippen LogP contribution in [0, 0.1) is 0 Å². The molecule has 4 heteroatoms. The molecule has 0 atom stereocenters. The Bertz CT molecular complexity index is 404. The fourth-order valence-electron chi connectivity index (χ4n) is 1.62. The Balaban J connectivity index is 2.49. The zero-order valence-corrected chi connectivity index (χ0v) is 13.2. The van der Waals surface area contributed by atoms with Crippen LogP contribution in [0.25, 0.3) is 0 Å². The number of ether oxygens (including phenoxy) is 2. The minimum absolute atomic E-state index is 0.151. The van der Waals surface area contributed by atoms with Gasteiger partial charge in [0.1, 0.15) is 5.75 Å². The van der Waals surface area contributed by atoms with Gasteiger partial charge in [-0.1, -0.05) is 19.4 Å². The summed E-state index contributed by atoms with van der Waals surface area (Å²) < 4.78 is 11.5. The first kappa shape index (κ1) is 16.0. The second-order valence-electron chi connectivity index (χ2n) is 4.27. The van der Waals surface area contributed by atoms with Gasteiger partial charge >= 0.3 is 5.97 Å². The smallest absolute Gasteiger partial charge is 0.306 e. The highest BCUT2D eigenvalue weighted by molar-refractivity contribution is 9.10. The van der Waals surface area contributed by atoms with Gasteiger partial charge in [-0.05, 0) is 53.4 Å². The van der Waals surface area contributed by atoms with Gasteiger partial charge in [0.05, 0.1) is 17.7 Å². The maximum atomic E-state index is 11.3. The number of hydrogen-bond donors (Lipinski definition) is 0. The lowest BCUT2D eigenvalue weighted by Gasteiger charge is -2.09. The second kappa shape index (κ2) is 8.97. The van der Waals surface area contributed by atoms with E-state index in [1.807, 2.05) is 25.1 Å². The number of aryl methyl sites for hydroxylation is 1. The highest BCUT2D eigenvalue weighted by Crippen LogP contribution is 2.26. The molecule has 19 heavy (non-hydrogen) atoms. The normalized spacial score (nSPS) is 10.3. The van der Waals surface area contributed by atoms with Gasteiger partial charge in [0.2, 0.25) is 0 Å².